The number of aryl methyl sites for hydroxylation is 2. The van der Waals surface area contributed by atoms with Gasteiger partial charge < -0.3 is 5.32 Å². The fourth-order valence-electron chi connectivity index (χ4n) is 2.01. The van der Waals surface area contributed by atoms with Gasteiger partial charge in [-0.1, -0.05) is 29.8 Å². The second kappa shape index (κ2) is 5.17. The van der Waals surface area contributed by atoms with Crippen molar-refractivity contribution < 1.29 is 4.39 Å². The molecule has 2 aromatic rings. The molecule has 0 radical (unpaired) electrons. The quantitative estimate of drug-likeness (QED) is 0.825. The molecule has 0 aliphatic heterocycles. The van der Waals surface area contributed by atoms with E-state index in [0.717, 1.165) is 0 Å². The molecule has 1 atom stereocenters. The molecule has 0 fully saturated rings. The van der Waals surface area contributed by atoms with Gasteiger partial charge in [0.25, 0.3) is 0 Å². The predicted molar refractivity (Wildman–Crippen MR) is 72.1 cm³/mol. The molecule has 1 heterocycles. The average Bonchev–Trinajstić information content (AvgIpc) is 2.32. The van der Waals surface area contributed by atoms with E-state index in [1.165, 1.54) is 22.8 Å². The monoisotopic (exact) mass is 244 g/mol. The summed E-state index contributed by atoms with van der Waals surface area (Å²) < 4.78 is 13.0. The van der Waals surface area contributed by atoms with E-state index in [0.29, 0.717) is 5.82 Å². The lowest BCUT2D eigenvalue weighted by molar-refractivity contribution is 0.584. The van der Waals surface area contributed by atoms with Crippen LogP contribution in [0.1, 0.15) is 29.7 Å². The number of pyridine rings is 1. The Morgan fingerprint density at radius 3 is 2.67 bits per heavy atom. The minimum absolute atomic E-state index is 0.0965. The molecule has 0 spiro atoms. The van der Waals surface area contributed by atoms with E-state index < -0.39 is 5.95 Å². The molecule has 2 nitrogen and oxygen atoms in total. The summed E-state index contributed by atoms with van der Waals surface area (Å²) in [5.41, 5.74) is 3.65. The highest BCUT2D eigenvalue weighted by molar-refractivity contribution is 5.41. The summed E-state index contributed by atoms with van der Waals surface area (Å²) in [5.74, 6) is 0.0940. The molecule has 0 saturated heterocycles. The van der Waals surface area contributed by atoms with Crippen LogP contribution < -0.4 is 5.32 Å². The van der Waals surface area contributed by atoms with Gasteiger partial charge in [-0.3, -0.25) is 0 Å². The number of benzene rings is 1. The summed E-state index contributed by atoms with van der Waals surface area (Å²) in [6, 6.07) is 11.2. The molecule has 1 aromatic carbocycles. The molecule has 94 valence electrons. The number of nitrogens with zero attached hydrogens (tertiary/aromatic N) is 1. The molecule has 0 saturated carbocycles. The predicted octanol–water partition coefficient (Wildman–Crippen LogP) is 4.01. The van der Waals surface area contributed by atoms with E-state index in [1.54, 1.807) is 12.1 Å². The van der Waals surface area contributed by atoms with Gasteiger partial charge in [-0.2, -0.15) is 4.39 Å². The normalized spacial score (nSPS) is 12.2. The smallest absolute Gasteiger partial charge is 0.214 e. The summed E-state index contributed by atoms with van der Waals surface area (Å²) >= 11 is 0. The fourth-order valence-corrected chi connectivity index (χ4v) is 2.01. The van der Waals surface area contributed by atoms with Crippen molar-refractivity contribution in [2.45, 2.75) is 26.8 Å². The van der Waals surface area contributed by atoms with Crippen LogP contribution in [0.2, 0.25) is 0 Å². The molecule has 0 amide bonds. The van der Waals surface area contributed by atoms with Crippen LogP contribution in [0.4, 0.5) is 10.2 Å². The van der Waals surface area contributed by atoms with Gasteiger partial charge >= 0.3 is 0 Å². The van der Waals surface area contributed by atoms with Crippen LogP contribution in [-0.2, 0) is 0 Å². The van der Waals surface area contributed by atoms with E-state index >= 15 is 0 Å². The van der Waals surface area contributed by atoms with Crippen molar-refractivity contribution in [1.82, 2.24) is 4.98 Å². The van der Waals surface area contributed by atoms with E-state index in [4.69, 9.17) is 0 Å². The first-order chi connectivity index (χ1) is 8.56. The van der Waals surface area contributed by atoms with Gasteiger partial charge in [0.15, 0.2) is 0 Å². The van der Waals surface area contributed by atoms with Crippen molar-refractivity contribution in [1.29, 1.82) is 0 Å². The molecule has 2 rings (SSSR count). The fraction of sp³-hybridized carbons (Fsp3) is 0.267. The third-order valence-electron chi connectivity index (χ3n) is 2.98. The highest BCUT2D eigenvalue weighted by Crippen LogP contribution is 2.22. The zero-order chi connectivity index (χ0) is 13.1. The Morgan fingerprint density at radius 1 is 1.17 bits per heavy atom. The lowest BCUT2D eigenvalue weighted by Crippen LogP contribution is -2.10. The highest BCUT2D eigenvalue weighted by atomic mass is 19.1. The van der Waals surface area contributed by atoms with Crippen LogP contribution in [0.3, 0.4) is 0 Å². The van der Waals surface area contributed by atoms with Crippen LogP contribution in [0, 0.1) is 19.8 Å². The van der Waals surface area contributed by atoms with Crippen LogP contribution in [-0.4, -0.2) is 4.98 Å². The first-order valence-corrected chi connectivity index (χ1v) is 6.02. The Bertz CT molecular complexity index is 552. The van der Waals surface area contributed by atoms with Gasteiger partial charge in [-0.25, -0.2) is 4.98 Å². The number of anilines is 1. The lowest BCUT2D eigenvalue weighted by Gasteiger charge is -2.17. The largest absolute Gasteiger partial charge is 0.363 e. The Morgan fingerprint density at radius 2 is 1.94 bits per heavy atom. The Balaban J connectivity index is 2.21. The molecule has 0 bridgehead atoms. The van der Waals surface area contributed by atoms with Gasteiger partial charge in [0, 0.05) is 0 Å². The third-order valence-corrected chi connectivity index (χ3v) is 2.98. The van der Waals surface area contributed by atoms with Crippen LogP contribution >= 0.6 is 0 Å². The minimum Gasteiger partial charge on any atom is -0.363 e. The number of rotatable bonds is 3. The number of nitrogens with one attached hydrogen (secondary N) is 1. The molecule has 1 aromatic heterocycles. The first kappa shape index (κ1) is 12.6. The van der Waals surface area contributed by atoms with Crippen LogP contribution in [0.5, 0.6) is 0 Å². The number of halogens is 1. The van der Waals surface area contributed by atoms with E-state index in [-0.39, 0.29) is 6.04 Å². The van der Waals surface area contributed by atoms with Gasteiger partial charge in [0.2, 0.25) is 5.95 Å². The molecule has 0 aliphatic rings. The number of aromatic nitrogens is 1. The third kappa shape index (κ3) is 2.86. The van der Waals surface area contributed by atoms with Crippen molar-refractivity contribution in [3.8, 4) is 0 Å². The summed E-state index contributed by atoms with van der Waals surface area (Å²) in [5, 5.41) is 3.22. The SMILES string of the molecule is Cc1ccc(C)c(C(C)Nc2cccc(F)n2)c1. The summed E-state index contributed by atoms with van der Waals surface area (Å²) in [4.78, 5) is 3.81. The minimum atomic E-state index is -0.465. The zero-order valence-corrected chi connectivity index (χ0v) is 10.9. The maximum Gasteiger partial charge on any atom is 0.214 e. The van der Waals surface area contributed by atoms with Gasteiger partial charge in [-0.15, -0.1) is 0 Å². The second-order valence-electron chi connectivity index (χ2n) is 4.57. The average molecular weight is 244 g/mol. The van der Waals surface area contributed by atoms with Gasteiger partial charge in [-0.05, 0) is 44.0 Å². The molecule has 18 heavy (non-hydrogen) atoms. The highest BCUT2D eigenvalue weighted by Gasteiger charge is 2.09. The van der Waals surface area contributed by atoms with Crippen LogP contribution in [0.25, 0.3) is 0 Å². The Labute approximate surface area is 107 Å². The Kier molecular flexibility index (Phi) is 3.60. The maximum absolute atomic E-state index is 13.0. The molecule has 1 N–H and O–H groups in total. The van der Waals surface area contributed by atoms with Crippen LogP contribution in [0.15, 0.2) is 36.4 Å². The molecule has 3 heteroatoms. The van der Waals surface area contributed by atoms with Crippen molar-refractivity contribution in [3.05, 3.63) is 59.0 Å². The van der Waals surface area contributed by atoms with E-state index in [1.807, 2.05) is 6.92 Å². The van der Waals surface area contributed by atoms with Crippen molar-refractivity contribution in [2.24, 2.45) is 0 Å². The van der Waals surface area contributed by atoms with Crippen molar-refractivity contribution in [2.75, 3.05) is 5.32 Å². The topological polar surface area (TPSA) is 24.9 Å². The van der Waals surface area contributed by atoms with E-state index in [2.05, 4.69) is 42.3 Å². The van der Waals surface area contributed by atoms with Gasteiger partial charge in [0.05, 0.1) is 6.04 Å². The number of hydrogen-bond acceptors (Lipinski definition) is 2. The molecule has 0 aliphatic carbocycles. The van der Waals surface area contributed by atoms with Gasteiger partial charge in [0.1, 0.15) is 5.82 Å². The molecular weight excluding hydrogens is 227 g/mol. The van der Waals surface area contributed by atoms with E-state index in [9.17, 15) is 4.39 Å². The first-order valence-electron chi connectivity index (χ1n) is 6.02. The summed E-state index contributed by atoms with van der Waals surface area (Å²) in [6.45, 7) is 6.19. The maximum atomic E-state index is 13.0. The van der Waals surface area contributed by atoms with Crippen molar-refractivity contribution in [3.63, 3.8) is 0 Å². The summed E-state index contributed by atoms with van der Waals surface area (Å²) in [6.07, 6.45) is 0. The number of hydrogen-bond donors (Lipinski definition) is 1. The summed E-state index contributed by atoms with van der Waals surface area (Å²) in [7, 11) is 0. The molecular formula is C15H17FN2. The van der Waals surface area contributed by atoms with Crippen molar-refractivity contribution >= 4 is 5.82 Å². The lowest BCUT2D eigenvalue weighted by atomic mass is 10.00. The standard InChI is InChI=1S/C15H17FN2/c1-10-7-8-11(2)13(9-10)12(3)17-15-6-4-5-14(16)18-15/h4-9,12H,1-3H3,(H,17,18). The Hall–Kier alpha value is -1.90. The second-order valence-corrected chi connectivity index (χ2v) is 4.57. The zero-order valence-electron chi connectivity index (χ0n) is 10.9. The molecule has 1 unspecified atom stereocenters.